The highest BCUT2D eigenvalue weighted by molar-refractivity contribution is 7.13. The first-order chi connectivity index (χ1) is 15.0. The summed E-state index contributed by atoms with van der Waals surface area (Å²) < 4.78 is 7.29. The van der Waals surface area contributed by atoms with Gasteiger partial charge in [-0.25, -0.2) is 4.68 Å². The lowest BCUT2D eigenvalue weighted by molar-refractivity contribution is -0.117. The fourth-order valence-electron chi connectivity index (χ4n) is 3.64. The Labute approximate surface area is 187 Å². The van der Waals surface area contributed by atoms with Gasteiger partial charge in [0.25, 0.3) is 0 Å². The van der Waals surface area contributed by atoms with E-state index in [4.69, 9.17) is 9.84 Å². The number of nitrogens with zero attached hydrogens (tertiary/aromatic N) is 3. The maximum Gasteiger partial charge on any atom is 0.244 e. The molecule has 0 radical (unpaired) electrons. The number of para-hydroxylation sites is 1. The van der Waals surface area contributed by atoms with Crippen molar-refractivity contribution in [3.63, 3.8) is 0 Å². The van der Waals surface area contributed by atoms with E-state index in [-0.39, 0.29) is 11.4 Å². The number of ether oxygens (including phenoxy) is 1. The quantitative estimate of drug-likeness (QED) is 0.572. The molecule has 3 aromatic rings. The average Bonchev–Trinajstić information content (AvgIpc) is 3.47. The third-order valence-electron chi connectivity index (χ3n) is 5.49. The second-order valence-electron chi connectivity index (χ2n) is 8.15. The number of carbonyl (C=O) groups is 1. The third kappa shape index (κ3) is 5.31. The van der Waals surface area contributed by atoms with E-state index in [9.17, 15) is 4.79 Å². The Hall–Kier alpha value is -2.74. The number of benzene rings is 1. The molecule has 0 saturated carbocycles. The number of aromatic nitrogens is 2. The minimum absolute atomic E-state index is 0.106. The number of thiophene rings is 1. The summed E-state index contributed by atoms with van der Waals surface area (Å²) in [6, 6.07) is 14.0. The lowest BCUT2D eigenvalue weighted by atomic mass is 10.0. The molecule has 1 N–H and O–H groups in total. The zero-order chi connectivity index (χ0) is 21.7. The SMILES string of the molecule is CC(C)(CNC(=O)/C=C/c1cn(-c2ccccc2)nc1-c1cccs1)N1CCOCC1. The zero-order valence-corrected chi connectivity index (χ0v) is 18.8. The molecule has 6 nitrogen and oxygen atoms in total. The Morgan fingerprint density at radius 3 is 2.68 bits per heavy atom. The van der Waals surface area contributed by atoms with Gasteiger partial charge in [0.1, 0.15) is 5.69 Å². The van der Waals surface area contributed by atoms with Crippen LogP contribution in [0.1, 0.15) is 19.4 Å². The van der Waals surface area contributed by atoms with Crippen molar-refractivity contribution in [1.29, 1.82) is 0 Å². The molecule has 1 aliphatic rings. The molecule has 1 aliphatic heterocycles. The molecule has 4 rings (SSSR count). The summed E-state index contributed by atoms with van der Waals surface area (Å²) in [5.74, 6) is -0.106. The maximum atomic E-state index is 12.6. The van der Waals surface area contributed by atoms with Gasteiger partial charge in [0.05, 0.1) is 23.8 Å². The molecule has 1 aromatic carbocycles. The van der Waals surface area contributed by atoms with Gasteiger partial charge in [0, 0.05) is 43.0 Å². The number of hydrogen-bond donors (Lipinski definition) is 1. The van der Waals surface area contributed by atoms with E-state index < -0.39 is 0 Å². The largest absolute Gasteiger partial charge is 0.379 e. The van der Waals surface area contributed by atoms with Gasteiger partial charge in [-0.1, -0.05) is 24.3 Å². The summed E-state index contributed by atoms with van der Waals surface area (Å²) in [4.78, 5) is 16.0. The standard InChI is InChI=1S/C24H28N4O2S/c1-24(2,27-12-14-30-15-13-27)18-25-22(29)11-10-19-17-28(20-7-4-3-5-8-20)26-23(19)21-9-6-16-31-21/h3-11,16-17H,12-15,18H2,1-2H3,(H,25,29)/b11-10+. The fourth-order valence-corrected chi connectivity index (χ4v) is 4.37. The van der Waals surface area contributed by atoms with Gasteiger partial charge < -0.3 is 10.1 Å². The first kappa shape index (κ1) is 21.5. The molecule has 2 aromatic heterocycles. The molecule has 1 fully saturated rings. The van der Waals surface area contributed by atoms with Gasteiger partial charge in [-0.15, -0.1) is 11.3 Å². The van der Waals surface area contributed by atoms with E-state index in [1.165, 1.54) is 0 Å². The highest BCUT2D eigenvalue weighted by Crippen LogP contribution is 2.28. The van der Waals surface area contributed by atoms with Crippen LogP contribution in [0.4, 0.5) is 0 Å². The summed E-state index contributed by atoms with van der Waals surface area (Å²) in [6.07, 6.45) is 5.41. The molecule has 1 amide bonds. The second-order valence-corrected chi connectivity index (χ2v) is 9.10. The van der Waals surface area contributed by atoms with Crippen molar-refractivity contribution in [1.82, 2.24) is 20.0 Å². The molecule has 7 heteroatoms. The van der Waals surface area contributed by atoms with Crippen LogP contribution in [0, 0.1) is 0 Å². The fraction of sp³-hybridized carbons (Fsp3) is 0.333. The number of amides is 1. The normalized spacial score (nSPS) is 15.4. The van der Waals surface area contributed by atoms with Crippen molar-refractivity contribution in [2.75, 3.05) is 32.8 Å². The molecule has 0 aliphatic carbocycles. The molecule has 0 atom stereocenters. The molecular weight excluding hydrogens is 408 g/mol. The average molecular weight is 437 g/mol. The zero-order valence-electron chi connectivity index (χ0n) is 18.0. The van der Waals surface area contributed by atoms with Gasteiger partial charge in [-0.05, 0) is 43.5 Å². The van der Waals surface area contributed by atoms with Crippen LogP contribution in [-0.4, -0.2) is 59.0 Å². The topological polar surface area (TPSA) is 59.4 Å². The van der Waals surface area contributed by atoms with Crippen molar-refractivity contribution in [3.05, 3.63) is 65.7 Å². The smallest absolute Gasteiger partial charge is 0.244 e. The van der Waals surface area contributed by atoms with Crippen LogP contribution < -0.4 is 5.32 Å². The minimum atomic E-state index is -0.117. The van der Waals surface area contributed by atoms with Crippen LogP contribution >= 0.6 is 11.3 Å². The molecule has 31 heavy (non-hydrogen) atoms. The lowest BCUT2D eigenvalue weighted by Gasteiger charge is -2.40. The van der Waals surface area contributed by atoms with Gasteiger partial charge in [0.15, 0.2) is 0 Å². The van der Waals surface area contributed by atoms with E-state index in [1.54, 1.807) is 17.4 Å². The number of rotatable bonds is 7. The Kier molecular flexibility index (Phi) is 6.65. The molecule has 0 spiro atoms. The summed E-state index contributed by atoms with van der Waals surface area (Å²) in [5.41, 5.74) is 2.65. The predicted octanol–water partition coefficient (Wildman–Crippen LogP) is 3.84. The molecule has 0 bridgehead atoms. The van der Waals surface area contributed by atoms with E-state index >= 15 is 0 Å². The highest BCUT2D eigenvalue weighted by Gasteiger charge is 2.28. The van der Waals surface area contributed by atoms with Crippen LogP contribution in [0.2, 0.25) is 0 Å². The van der Waals surface area contributed by atoms with E-state index in [0.29, 0.717) is 6.54 Å². The lowest BCUT2D eigenvalue weighted by Crippen LogP contribution is -2.55. The Morgan fingerprint density at radius 1 is 1.19 bits per heavy atom. The van der Waals surface area contributed by atoms with Crippen LogP contribution in [-0.2, 0) is 9.53 Å². The molecule has 3 heterocycles. The van der Waals surface area contributed by atoms with E-state index in [2.05, 4.69) is 24.1 Å². The van der Waals surface area contributed by atoms with Gasteiger partial charge >= 0.3 is 0 Å². The van der Waals surface area contributed by atoms with Crippen molar-refractivity contribution < 1.29 is 9.53 Å². The van der Waals surface area contributed by atoms with Gasteiger partial charge in [-0.2, -0.15) is 5.10 Å². The van der Waals surface area contributed by atoms with Crippen molar-refractivity contribution in [2.45, 2.75) is 19.4 Å². The number of hydrogen-bond acceptors (Lipinski definition) is 5. The van der Waals surface area contributed by atoms with Gasteiger partial charge in [0.2, 0.25) is 5.91 Å². The first-order valence-corrected chi connectivity index (χ1v) is 11.4. The minimum Gasteiger partial charge on any atom is -0.379 e. The number of carbonyl (C=O) groups excluding carboxylic acids is 1. The third-order valence-corrected chi connectivity index (χ3v) is 6.37. The predicted molar refractivity (Wildman–Crippen MR) is 125 cm³/mol. The second kappa shape index (κ2) is 9.60. The summed E-state index contributed by atoms with van der Waals surface area (Å²) in [5, 5.41) is 9.86. The van der Waals surface area contributed by atoms with Crippen molar-refractivity contribution >= 4 is 23.3 Å². The number of nitrogens with one attached hydrogen (secondary N) is 1. The molecule has 0 unspecified atom stereocenters. The number of morpholine rings is 1. The molecule has 1 saturated heterocycles. The Morgan fingerprint density at radius 2 is 1.97 bits per heavy atom. The van der Waals surface area contributed by atoms with E-state index in [1.807, 2.05) is 64.8 Å². The van der Waals surface area contributed by atoms with Crippen LogP contribution in [0.15, 0.2) is 60.1 Å². The first-order valence-electron chi connectivity index (χ1n) is 10.5. The maximum absolute atomic E-state index is 12.6. The van der Waals surface area contributed by atoms with Crippen molar-refractivity contribution in [3.8, 4) is 16.3 Å². The monoisotopic (exact) mass is 436 g/mol. The summed E-state index contributed by atoms with van der Waals surface area (Å²) in [6.45, 7) is 8.16. The molecule has 162 valence electrons. The van der Waals surface area contributed by atoms with Crippen LogP contribution in [0.5, 0.6) is 0 Å². The van der Waals surface area contributed by atoms with E-state index in [0.717, 1.165) is 48.1 Å². The molecular formula is C24H28N4O2S. The summed E-state index contributed by atoms with van der Waals surface area (Å²) in [7, 11) is 0. The van der Waals surface area contributed by atoms with Gasteiger partial charge in [-0.3, -0.25) is 9.69 Å². The Bertz CT molecular complexity index is 1020. The van der Waals surface area contributed by atoms with Crippen LogP contribution in [0.25, 0.3) is 22.3 Å². The van der Waals surface area contributed by atoms with Crippen molar-refractivity contribution in [2.24, 2.45) is 0 Å². The summed E-state index contributed by atoms with van der Waals surface area (Å²) >= 11 is 1.64. The highest BCUT2D eigenvalue weighted by atomic mass is 32.1. The Balaban J connectivity index is 1.47. The van der Waals surface area contributed by atoms with Crippen LogP contribution in [0.3, 0.4) is 0 Å².